The number of aryl methyl sites for hydroxylation is 1. The fourth-order valence-corrected chi connectivity index (χ4v) is 3.18. The topological polar surface area (TPSA) is 41.5 Å². The molecule has 21 heavy (non-hydrogen) atoms. The van der Waals surface area contributed by atoms with Crippen LogP contribution in [0.1, 0.15) is 50.8 Å². The van der Waals surface area contributed by atoms with Gasteiger partial charge in [0.25, 0.3) is 0 Å². The van der Waals surface area contributed by atoms with Crippen LogP contribution in [0, 0.1) is 5.41 Å². The fourth-order valence-electron chi connectivity index (χ4n) is 3.18. The molecule has 0 aliphatic heterocycles. The first kappa shape index (κ1) is 16.5. The molecule has 2 atom stereocenters. The van der Waals surface area contributed by atoms with Crippen LogP contribution in [0.5, 0.6) is 0 Å². The Bertz CT molecular complexity index is 468. The van der Waals surface area contributed by atoms with E-state index in [0.717, 1.165) is 6.42 Å². The molecule has 0 fully saturated rings. The summed E-state index contributed by atoms with van der Waals surface area (Å²) in [4.78, 5) is 0. The molecule has 0 radical (unpaired) electrons. The van der Waals surface area contributed by atoms with Gasteiger partial charge in [0.1, 0.15) is 0 Å². The van der Waals surface area contributed by atoms with E-state index in [4.69, 9.17) is 4.74 Å². The highest BCUT2D eigenvalue weighted by atomic mass is 16.5. The maximum absolute atomic E-state index is 10.5. The van der Waals surface area contributed by atoms with Crippen LogP contribution in [0.3, 0.4) is 0 Å². The number of aliphatic hydroxyl groups is 1. The third kappa shape index (κ3) is 4.06. The third-order valence-corrected chi connectivity index (χ3v) is 4.72. The molecule has 0 aromatic heterocycles. The van der Waals surface area contributed by atoms with Crippen LogP contribution in [0.4, 0.5) is 0 Å². The largest absolute Gasteiger partial charge is 0.389 e. The summed E-state index contributed by atoms with van der Waals surface area (Å²) in [5.41, 5.74) is 2.28. The van der Waals surface area contributed by atoms with E-state index in [1.165, 1.54) is 17.5 Å². The predicted molar refractivity (Wildman–Crippen MR) is 86.4 cm³/mol. The molecule has 1 aliphatic rings. The highest BCUT2D eigenvalue weighted by molar-refractivity contribution is 5.34. The standard InChI is InChI=1S/C18H29NO2/c1-17(2)10-9-14-7-5-6-8-15(14)16(17)19-13-18(3,20)11-12-21-4/h5-8,16,19-20H,9-13H2,1-4H3. The SMILES string of the molecule is COCCC(C)(O)CNC1c2ccccc2CCC1(C)C. The molecular formula is C18H29NO2. The smallest absolute Gasteiger partial charge is 0.0765 e. The summed E-state index contributed by atoms with van der Waals surface area (Å²) in [5.74, 6) is 0. The molecule has 3 nitrogen and oxygen atoms in total. The van der Waals surface area contributed by atoms with Crippen molar-refractivity contribution < 1.29 is 9.84 Å². The number of ether oxygens (including phenoxy) is 1. The number of rotatable bonds is 6. The van der Waals surface area contributed by atoms with Crippen LogP contribution in [-0.4, -0.2) is 31.0 Å². The maximum Gasteiger partial charge on any atom is 0.0765 e. The molecule has 3 heteroatoms. The van der Waals surface area contributed by atoms with E-state index in [1.807, 2.05) is 6.92 Å². The molecule has 0 bridgehead atoms. The van der Waals surface area contributed by atoms with E-state index >= 15 is 0 Å². The Morgan fingerprint density at radius 1 is 1.38 bits per heavy atom. The molecule has 0 saturated carbocycles. The summed E-state index contributed by atoms with van der Waals surface area (Å²) >= 11 is 0. The Morgan fingerprint density at radius 3 is 2.81 bits per heavy atom. The predicted octanol–water partition coefficient (Wildman–Crippen LogP) is 3.08. The fraction of sp³-hybridized carbons (Fsp3) is 0.667. The van der Waals surface area contributed by atoms with Crippen molar-refractivity contribution in [2.75, 3.05) is 20.3 Å². The van der Waals surface area contributed by atoms with Gasteiger partial charge in [-0.1, -0.05) is 38.1 Å². The summed E-state index contributed by atoms with van der Waals surface area (Å²) < 4.78 is 5.08. The first-order valence-electron chi connectivity index (χ1n) is 7.88. The van der Waals surface area contributed by atoms with Crippen LogP contribution in [0.15, 0.2) is 24.3 Å². The second-order valence-corrected chi connectivity index (χ2v) is 7.24. The zero-order valence-electron chi connectivity index (χ0n) is 13.8. The molecular weight excluding hydrogens is 262 g/mol. The van der Waals surface area contributed by atoms with Gasteiger partial charge in [-0.05, 0) is 36.3 Å². The molecule has 118 valence electrons. The molecule has 2 N–H and O–H groups in total. The van der Waals surface area contributed by atoms with Gasteiger partial charge in [0.2, 0.25) is 0 Å². The molecule has 0 saturated heterocycles. The van der Waals surface area contributed by atoms with Gasteiger partial charge < -0.3 is 15.2 Å². The van der Waals surface area contributed by atoms with Crippen molar-refractivity contribution >= 4 is 0 Å². The monoisotopic (exact) mass is 291 g/mol. The number of nitrogens with one attached hydrogen (secondary N) is 1. The van der Waals surface area contributed by atoms with E-state index in [9.17, 15) is 5.11 Å². The minimum Gasteiger partial charge on any atom is -0.389 e. The van der Waals surface area contributed by atoms with Crippen LogP contribution in [0.25, 0.3) is 0 Å². The number of methoxy groups -OCH3 is 1. The zero-order chi connectivity index (χ0) is 15.5. The van der Waals surface area contributed by atoms with E-state index < -0.39 is 5.60 Å². The second kappa shape index (κ2) is 6.47. The Balaban J connectivity index is 2.10. The Kier molecular flexibility index (Phi) is 5.07. The Labute approximate surface area is 128 Å². The molecule has 1 aromatic carbocycles. The van der Waals surface area contributed by atoms with Crippen LogP contribution < -0.4 is 5.32 Å². The van der Waals surface area contributed by atoms with Gasteiger partial charge in [-0.2, -0.15) is 0 Å². The normalized spacial score (nSPS) is 23.4. The van der Waals surface area contributed by atoms with Crippen molar-refractivity contribution in [3.8, 4) is 0 Å². The van der Waals surface area contributed by atoms with Crippen molar-refractivity contribution in [3.63, 3.8) is 0 Å². The molecule has 0 spiro atoms. The minimum atomic E-state index is -0.738. The summed E-state index contributed by atoms with van der Waals surface area (Å²) in [6.07, 6.45) is 2.95. The highest BCUT2D eigenvalue weighted by Gasteiger charge is 2.36. The average molecular weight is 291 g/mol. The summed E-state index contributed by atoms with van der Waals surface area (Å²) in [6.45, 7) is 7.66. The number of fused-ring (bicyclic) bond motifs is 1. The van der Waals surface area contributed by atoms with Gasteiger partial charge in [-0.25, -0.2) is 0 Å². The Hall–Kier alpha value is -0.900. The van der Waals surface area contributed by atoms with Crippen molar-refractivity contribution in [1.82, 2.24) is 5.32 Å². The molecule has 0 amide bonds. The lowest BCUT2D eigenvalue weighted by Gasteiger charge is -2.42. The molecule has 2 unspecified atom stereocenters. The van der Waals surface area contributed by atoms with Gasteiger partial charge in [-0.15, -0.1) is 0 Å². The van der Waals surface area contributed by atoms with E-state index in [-0.39, 0.29) is 11.5 Å². The summed E-state index contributed by atoms with van der Waals surface area (Å²) in [5, 5.41) is 14.1. The lowest BCUT2D eigenvalue weighted by Crippen LogP contribution is -2.45. The van der Waals surface area contributed by atoms with E-state index in [1.54, 1.807) is 7.11 Å². The molecule has 1 aromatic rings. The zero-order valence-corrected chi connectivity index (χ0v) is 13.8. The van der Waals surface area contributed by atoms with E-state index in [0.29, 0.717) is 19.6 Å². The van der Waals surface area contributed by atoms with Crippen molar-refractivity contribution in [2.45, 2.75) is 51.7 Å². The van der Waals surface area contributed by atoms with Gasteiger partial charge >= 0.3 is 0 Å². The van der Waals surface area contributed by atoms with Gasteiger partial charge in [-0.3, -0.25) is 0 Å². The van der Waals surface area contributed by atoms with Gasteiger partial charge in [0.05, 0.1) is 5.60 Å². The quantitative estimate of drug-likeness (QED) is 0.846. The lowest BCUT2D eigenvalue weighted by molar-refractivity contribution is 0.0176. The molecule has 1 aliphatic carbocycles. The number of benzene rings is 1. The molecule has 0 heterocycles. The van der Waals surface area contributed by atoms with Crippen molar-refractivity contribution in [1.29, 1.82) is 0 Å². The minimum absolute atomic E-state index is 0.200. The third-order valence-electron chi connectivity index (χ3n) is 4.72. The van der Waals surface area contributed by atoms with Gasteiger partial charge in [0.15, 0.2) is 0 Å². The van der Waals surface area contributed by atoms with Crippen LogP contribution in [-0.2, 0) is 11.2 Å². The molecule has 2 rings (SSSR count). The lowest BCUT2D eigenvalue weighted by atomic mass is 9.70. The van der Waals surface area contributed by atoms with Crippen molar-refractivity contribution in [3.05, 3.63) is 35.4 Å². The summed E-state index contributed by atoms with van der Waals surface area (Å²) in [6, 6.07) is 8.96. The van der Waals surface area contributed by atoms with Crippen molar-refractivity contribution in [2.24, 2.45) is 5.41 Å². The van der Waals surface area contributed by atoms with Crippen LogP contribution in [0.2, 0.25) is 0 Å². The van der Waals surface area contributed by atoms with Gasteiger partial charge in [0, 0.05) is 32.7 Å². The first-order valence-corrected chi connectivity index (χ1v) is 7.88. The highest BCUT2D eigenvalue weighted by Crippen LogP contribution is 2.43. The van der Waals surface area contributed by atoms with Crippen LogP contribution >= 0.6 is 0 Å². The number of hydrogen-bond acceptors (Lipinski definition) is 3. The summed E-state index contributed by atoms with van der Waals surface area (Å²) in [7, 11) is 1.67. The number of hydrogen-bond donors (Lipinski definition) is 2. The second-order valence-electron chi connectivity index (χ2n) is 7.24. The Morgan fingerprint density at radius 2 is 2.10 bits per heavy atom. The average Bonchev–Trinajstić information content (AvgIpc) is 2.43. The maximum atomic E-state index is 10.5. The first-order chi connectivity index (χ1) is 9.86. The van der Waals surface area contributed by atoms with E-state index in [2.05, 4.69) is 43.4 Å².